The van der Waals surface area contributed by atoms with E-state index in [1.165, 1.54) is 0 Å². The molecular weight excluding hydrogens is 366 g/mol. The molecule has 0 radical (unpaired) electrons. The summed E-state index contributed by atoms with van der Waals surface area (Å²) in [6.45, 7) is 5.22. The minimum atomic E-state index is -0.108. The van der Waals surface area contributed by atoms with Crippen LogP contribution in [0.25, 0.3) is 11.3 Å². The van der Waals surface area contributed by atoms with Crippen LogP contribution in [-0.4, -0.2) is 53.9 Å². The number of nitrogens with one attached hydrogen (secondary N) is 2. The Labute approximate surface area is 170 Å². The van der Waals surface area contributed by atoms with E-state index in [4.69, 9.17) is 4.74 Å². The predicted octanol–water partition coefficient (Wildman–Crippen LogP) is 3.83. The Morgan fingerprint density at radius 1 is 1.07 bits per heavy atom. The summed E-state index contributed by atoms with van der Waals surface area (Å²) in [5.41, 5.74) is 2.80. The second-order valence-corrected chi connectivity index (χ2v) is 6.84. The molecule has 1 aromatic heterocycles. The molecule has 3 aromatic rings. The van der Waals surface area contributed by atoms with Crippen molar-refractivity contribution in [1.29, 1.82) is 0 Å². The van der Waals surface area contributed by atoms with Gasteiger partial charge in [-0.05, 0) is 24.6 Å². The van der Waals surface area contributed by atoms with Gasteiger partial charge in [0.25, 0.3) is 0 Å². The lowest BCUT2D eigenvalue weighted by Crippen LogP contribution is -2.50. The summed E-state index contributed by atoms with van der Waals surface area (Å²) in [7, 11) is 0. The fourth-order valence-electron chi connectivity index (χ4n) is 3.42. The molecule has 7 nitrogen and oxygen atoms in total. The molecule has 0 saturated carbocycles. The van der Waals surface area contributed by atoms with Gasteiger partial charge in [0.1, 0.15) is 5.75 Å². The summed E-state index contributed by atoms with van der Waals surface area (Å²) in [6.07, 6.45) is 0. The molecule has 2 heterocycles. The Bertz CT molecular complexity index is 949. The van der Waals surface area contributed by atoms with Crippen LogP contribution >= 0.6 is 0 Å². The maximum absolute atomic E-state index is 12.7. The third kappa shape index (κ3) is 4.34. The SMILES string of the molecule is CCOc1ccccc1NC(=O)N1CCN(c2cc(-c3ccccc3)[nH]n2)CC1. The molecule has 0 aliphatic carbocycles. The fraction of sp³-hybridized carbons (Fsp3) is 0.273. The molecule has 0 unspecified atom stereocenters. The fourth-order valence-corrected chi connectivity index (χ4v) is 3.42. The van der Waals surface area contributed by atoms with E-state index < -0.39 is 0 Å². The van der Waals surface area contributed by atoms with E-state index in [1.54, 1.807) is 0 Å². The van der Waals surface area contributed by atoms with Gasteiger partial charge in [0.15, 0.2) is 5.82 Å². The number of carbonyl (C=O) groups excluding carboxylic acids is 1. The van der Waals surface area contributed by atoms with Crippen LogP contribution in [0.5, 0.6) is 5.75 Å². The van der Waals surface area contributed by atoms with Crippen LogP contribution in [0.15, 0.2) is 60.7 Å². The van der Waals surface area contributed by atoms with Crippen LogP contribution in [0.3, 0.4) is 0 Å². The molecule has 1 aliphatic rings. The lowest BCUT2D eigenvalue weighted by atomic mass is 10.1. The highest BCUT2D eigenvalue weighted by Gasteiger charge is 2.23. The molecule has 2 amide bonds. The minimum Gasteiger partial charge on any atom is -0.492 e. The number of hydrogen-bond acceptors (Lipinski definition) is 4. The topological polar surface area (TPSA) is 73.5 Å². The van der Waals surface area contributed by atoms with Gasteiger partial charge in [-0.1, -0.05) is 42.5 Å². The second-order valence-electron chi connectivity index (χ2n) is 6.84. The van der Waals surface area contributed by atoms with Crippen molar-refractivity contribution in [2.45, 2.75) is 6.92 Å². The van der Waals surface area contributed by atoms with Crippen LogP contribution in [0, 0.1) is 0 Å². The van der Waals surface area contributed by atoms with E-state index >= 15 is 0 Å². The zero-order chi connectivity index (χ0) is 20.1. The first-order valence-corrected chi connectivity index (χ1v) is 9.88. The van der Waals surface area contributed by atoms with E-state index in [0.29, 0.717) is 31.1 Å². The molecule has 1 saturated heterocycles. The monoisotopic (exact) mass is 391 g/mol. The molecule has 29 heavy (non-hydrogen) atoms. The zero-order valence-electron chi connectivity index (χ0n) is 16.5. The summed E-state index contributed by atoms with van der Waals surface area (Å²) >= 11 is 0. The van der Waals surface area contributed by atoms with Gasteiger partial charge >= 0.3 is 6.03 Å². The van der Waals surface area contributed by atoms with Crippen LogP contribution in [-0.2, 0) is 0 Å². The summed E-state index contributed by atoms with van der Waals surface area (Å²) in [6, 6.07) is 19.6. The van der Waals surface area contributed by atoms with E-state index in [0.717, 1.165) is 30.2 Å². The molecule has 4 rings (SSSR count). The van der Waals surface area contributed by atoms with Crippen molar-refractivity contribution in [2.24, 2.45) is 0 Å². The summed E-state index contributed by atoms with van der Waals surface area (Å²) in [5, 5.41) is 10.5. The maximum atomic E-state index is 12.7. The van der Waals surface area contributed by atoms with Gasteiger partial charge in [0.2, 0.25) is 0 Å². The third-order valence-electron chi connectivity index (χ3n) is 4.97. The first-order valence-electron chi connectivity index (χ1n) is 9.88. The van der Waals surface area contributed by atoms with E-state index in [-0.39, 0.29) is 6.03 Å². The van der Waals surface area contributed by atoms with Crippen molar-refractivity contribution in [1.82, 2.24) is 15.1 Å². The van der Waals surface area contributed by atoms with Gasteiger partial charge < -0.3 is 19.9 Å². The average molecular weight is 391 g/mol. The lowest BCUT2D eigenvalue weighted by Gasteiger charge is -2.34. The van der Waals surface area contributed by atoms with Crippen LogP contribution in [0.1, 0.15) is 6.92 Å². The number of piperazine rings is 1. The molecule has 0 atom stereocenters. The smallest absolute Gasteiger partial charge is 0.322 e. The highest BCUT2D eigenvalue weighted by atomic mass is 16.5. The maximum Gasteiger partial charge on any atom is 0.322 e. The molecule has 2 N–H and O–H groups in total. The lowest BCUT2D eigenvalue weighted by molar-refractivity contribution is 0.208. The van der Waals surface area contributed by atoms with Crippen LogP contribution < -0.4 is 15.0 Å². The number of nitrogens with zero attached hydrogens (tertiary/aromatic N) is 3. The van der Waals surface area contributed by atoms with E-state index in [9.17, 15) is 4.79 Å². The second kappa shape index (κ2) is 8.68. The number of hydrogen-bond donors (Lipinski definition) is 2. The van der Waals surface area contributed by atoms with Gasteiger partial charge in [-0.15, -0.1) is 0 Å². The molecule has 0 bridgehead atoms. The van der Waals surface area contributed by atoms with Crippen LogP contribution in [0.4, 0.5) is 16.3 Å². The van der Waals surface area contributed by atoms with Crippen molar-refractivity contribution in [3.8, 4) is 17.0 Å². The van der Waals surface area contributed by atoms with Crippen molar-refractivity contribution in [3.05, 3.63) is 60.7 Å². The van der Waals surface area contributed by atoms with Gasteiger partial charge in [-0.3, -0.25) is 5.10 Å². The molecule has 0 spiro atoms. The predicted molar refractivity (Wildman–Crippen MR) is 114 cm³/mol. The molecule has 1 aliphatic heterocycles. The Morgan fingerprint density at radius 2 is 1.79 bits per heavy atom. The molecule has 1 fully saturated rings. The number of H-pyrrole nitrogens is 1. The first kappa shape index (κ1) is 18.9. The number of ether oxygens (including phenoxy) is 1. The van der Waals surface area contributed by atoms with Gasteiger partial charge in [0.05, 0.1) is 18.0 Å². The Hall–Kier alpha value is -3.48. The molecule has 150 valence electrons. The van der Waals surface area contributed by atoms with Gasteiger partial charge in [-0.2, -0.15) is 5.10 Å². The normalized spacial score (nSPS) is 14.0. The third-order valence-corrected chi connectivity index (χ3v) is 4.97. The van der Waals surface area contributed by atoms with Crippen molar-refractivity contribution in [3.63, 3.8) is 0 Å². The van der Waals surface area contributed by atoms with Gasteiger partial charge in [-0.25, -0.2) is 4.79 Å². The number of amides is 2. The molecular formula is C22H25N5O2. The quantitative estimate of drug-likeness (QED) is 0.693. The number of carbonyl (C=O) groups is 1. The molecule has 2 aromatic carbocycles. The zero-order valence-corrected chi connectivity index (χ0v) is 16.5. The van der Waals surface area contributed by atoms with Crippen molar-refractivity contribution < 1.29 is 9.53 Å². The Balaban J connectivity index is 1.35. The largest absolute Gasteiger partial charge is 0.492 e. The summed E-state index contributed by atoms with van der Waals surface area (Å²) in [4.78, 5) is 16.7. The van der Waals surface area contributed by atoms with Gasteiger partial charge in [0, 0.05) is 32.2 Å². The molecule has 7 heteroatoms. The summed E-state index contributed by atoms with van der Waals surface area (Å²) in [5.74, 6) is 1.59. The first-order chi connectivity index (χ1) is 14.2. The number of para-hydroxylation sites is 2. The standard InChI is InChI=1S/C22H25N5O2/c1-2-29-20-11-7-6-10-18(20)23-22(28)27-14-12-26(13-15-27)21-16-19(24-25-21)17-8-4-3-5-9-17/h3-11,16H,2,12-15H2,1H3,(H,23,28)(H,24,25). The average Bonchev–Trinajstić information content (AvgIpc) is 3.26. The van der Waals surface area contributed by atoms with E-state index in [2.05, 4.69) is 38.6 Å². The highest BCUT2D eigenvalue weighted by molar-refractivity contribution is 5.91. The number of rotatable bonds is 5. The Kier molecular flexibility index (Phi) is 5.65. The number of anilines is 2. The number of benzene rings is 2. The Morgan fingerprint density at radius 3 is 2.55 bits per heavy atom. The van der Waals surface area contributed by atoms with Crippen LogP contribution in [0.2, 0.25) is 0 Å². The highest BCUT2D eigenvalue weighted by Crippen LogP contribution is 2.25. The number of aromatic nitrogens is 2. The minimum absolute atomic E-state index is 0.108. The summed E-state index contributed by atoms with van der Waals surface area (Å²) < 4.78 is 5.59. The van der Waals surface area contributed by atoms with Crippen molar-refractivity contribution in [2.75, 3.05) is 43.0 Å². The van der Waals surface area contributed by atoms with Crippen molar-refractivity contribution >= 4 is 17.5 Å². The number of urea groups is 1. The number of aromatic amines is 1. The van der Waals surface area contributed by atoms with E-state index in [1.807, 2.05) is 54.3 Å².